The average Bonchev–Trinajstić information content (AvgIpc) is 2.42. The Kier molecular flexibility index (Phi) is 7.03. The molecule has 0 fully saturated rings. The predicted molar refractivity (Wildman–Crippen MR) is 77.3 cm³/mol. The fourth-order valence-electron chi connectivity index (χ4n) is 1.67. The first kappa shape index (κ1) is 15.6. The fourth-order valence-corrected chi connectivity index (χ4v) is 2.06. The minimum absolute atomic E-state index is 0.199. The second-order valence-electron chi connectivity index (χ2n) is 4.23. The number of carbonyl (C=O) groups is 2. The molecule has 104 valence electrons. The predicted octanol–water partition coefficient (Wildman–Crippen LogP) is 1.94. The normalized spacial score (nSPS) is 11.8. The number of hydrogen-bond donors (Lipinski definition) is 2. The smallest absolute Gasteiger partial charge is 0.326 e. The Bertz CT molecular complexity index is 408. The van der Waals surface area contributed by atoms with Crippen LogP contribution in [-0.2, 0) is 16.0 Å². The quantitative estimate of drug-likeness (QED) is 0.764. The van der Waals surface area contributed by atoms with E-state index in [1.54, 1.807) is 11.8 Å². The van der Waals surface area contributed by atoms with Gasteiger partial charge in [-0.05, 0) is 24.7 Å². The molecule has 1 aromatic carbocycles. The first-order chi connectivity index (χ1) is 9.13. The van der Waals surface area contributed by atoms with Gasteiger partial charge < -0.3 is 10.4 Å². The van der Waals surface area contributed by atoms with Crippen molar-refractivity contribution in [2.75, 3.05) is 12.0 Å². The van der Waals surface area contributed by atoms with Crippen LogP contribution in [0.25, 0.3) is 0 Å². The number of rotatable bonds is 8. The molecule has 0 heterocycles. The SMILES string of the molecule is CSCCC(=O)NC(CCc1ccccc1)C(=O)O. The lowest BCUT2D eigenvalue weighted by Gasteiger charge is -2.14. The van der Waals surface area contributed by atoms with Crippen LogP contribution in [0.4, 0.5) is 0 Å². The zero-order valence-corrected chi connectivity index (χ0v) is 11.8. The Morgan fingerprint density at radius 3 is 2.58 bits per heavy atom. The van der Waals surface area contributed by atoms with Crippen molar-refractivity contribution < 1.29 is 14.7 Å². The van der Waals surface area contributed by atoms with E-state index in [1.807, 2.05) is 36.6 Å². The molecule has 0 saturated heterocycles. The third-order valence-corrected chi connectivity index (χ3v) is 3.34. The third-order valence-electron chi connectivity index (χ3n) is 2.73. The standard InChI is InChI=1S/C14H19NO3S/c1-19-10-9-13(16)15-12(14(17)18)8-7-11-5-3-2-4-6-11/h2-6,12H,7-10H2,1H3,(H,15,16)(H,17,18). The Morgan fingerprint density at radius 2 is 2.00 bits per heavy atom. The summed E-state index contributed by atoms with van der Waals surface area (Å²) in [7, 11) is 0. The van der Waals surface area contributed by atoms with Gasteiger partial charge in [-0.3, -0.25) is 4.79 Å². The molecular formula is C14H19NO3S. The molecule has 0 saturated carbocycles. The second kappa shape index (κ2) is 8.58. The van der Waals surface area contributed by atoms with Gasteiger partial charge in [0, 0.05) is 12.2 Å². The third kappa shape index (κ3) is 6.29. The first-order valence-electron chi connectivity index (χ1n) is 6.18. The monoisotopic (exact) mass is 281 g/mol. The molecule has 0 spiro atoms. The zero-order valence-electron chi connectivity index (χ0n) is 11.0. The van der Waals surface area contributed by atoms with Crippen LogP contribution in [0.3, 0.4) is 0 Å². The number of carboxylic acid groups (broad SMARTS) is 1. The lowest BCUT2D eigenvalue weighted by atomic mass is 10.1. The molecule has 1 atom stereocenters. The molecular weight excluding hydrogens is 262 g/mol. The van der Waals surface area contributed by atoms with E-state index in [1.165, 1.54) is 0 Å². The van der Waals surface area contributed by atoms with Crippen molar-refractivity contribution in [3.8, 4) is 0 Å². The Morgan fingerprint density at radius 1 is 1.32 bits per heavy atom. The number of aliphatic carboxylic acids is 1. The van der Waals surface area contributed by atoms with Crippen LogP contribution >= 0.6 is 11.8 Å². The second-order valence-corrected chi connectivity index (χ2v) is 5.21. The van der Waals surface area contributed by atoms with Crippen molar-refractivity contribution in [1.29, 1.82) is 0 Å². The molecule has 1 amide bonds. The summed E-state index contributed by atoms with van der Waals surface area (Å²) >= 11 is 1.57. The van der Waals surface area contributed by atoms with Gasteiger partial charge in [0.1, 0.15) is 6.04 Å². The van der Waals surface area contributed by atoms with Crippen molar-refractivity contribution in [2.45, 2.75) is 25.3 Å². The van der Waals surface area contributed by atoms with Crippen molar-refractivity contribution in [2.24, 2.45) is 0 Å². The van der Waals surface area contributed by atoms with E-state index >= 15 is 0 Å². The molecule has 19 heavy (non-hydrogen) atoms. The zero-order chi connectivity index (χ0) is 14.1. The summed E-state index contributed by atoms with van der Waals surface area (Å²) in [4.78, 5) is 22.7. The van der Waals surface area contributed by atoms with Crippen LogP contribution in [0, 0.1) is 0 Å². The Hall–Kier alpha value is -1.49. The summed E-state index contributed by atoms with van der Waals surface area (Å²) in [5.74, 6) is -0.472. The van der Waals surface area contributed by atoms with Crippen LogP contribution in [0.1, 0.15) is 18.4 Å². The number of nitrogens with one attached hydrogen (secondary N) is 1. The summed E-state index contributed by atoms with van der Waals surface area (Å²) in [6.45, 7) is 0. The largest absolute Gasteiger partial charge is 0.480 e. The molecule has 0 aliphatic rings. The van der Waals surface area contributed by atoms with Gasteiger partial charge in [-0.25, -0.2) is 4.79 Å². The van der Waals surface area contributed by atoms with Crippen LogP contribution < -0.4 is 5.32 Å². The first-order valence-corrected chi connectivity index (χ1v) is 7.58. The van der Waals surface area contributed by atoms with Gasteiger partial charge in [-0.1, -0.05) is 30.3 Å². The summed E-state index contributed by atoms with van der Waals surface area (Å²) in [6.07, 6.45) is 3.32. The van der Waals surface area contributed by atoms with Crippen molar-refractivity contribution in [3.05, 3.63) is 35.9 Å². The summed E-state index contributed by atoms with van der Waals surface area (Å²) in [5, 5.41) is 11.7. The van der Waals surface area contributed by atoms with Crippen molar-refractivity contribution >= 4 is 23.6 Å². The maximum atomic E-state index is 11.5. The van der Waals surface area contributed by atoms with E-state index in [0.717, 1.165) is 5.56 Å². The fraction of sp³-hybridized carbons (Fsp3) is 0.429. The molecule has 1 unspecified atom stereocenters. The number of carbonyl (C=O) groups excluding carboxylic acids is 1. The summed E-state index contributed by atoms with van der Waals surface area (Å²) in [6, 6.07) is 8.85. The molecule has 1 aromatic rings. The summed E-state index contributed by atoms with van der Waals surface area (Å²) in [5.41, 5.74) is 1.08. The van der Waals surface area contributed by atoms with E-state index in [0.29, 0.717) is 25.0 Å². The number of thioether (sulfide) groups is 1. The Balaban J connectivity index is 2.45. The van der Waals surface area contributed by atoms with E-state index < -0.39 is 12.0 Å². The van der Waals surface area contributed by atoms with E-state index in [-0.39, 0.29) is 5.91 Å². The van der Waals surface area contributed by atoms with Crippen LogP contribution in [-0.4, -0.2) is 35.0 Å². The molecule has 0 radical (unpaired) electrons. The highest BCUT2D eigenvalue weighted by Crippen LogP contribution is 2.06. The highest BCUT2D eigenvalue weighted by atomic mass is 32.2. The number of amides is 1. The van der Waals surface area contributed by atoms with Gasteiger partial charge in [0.15, 0.2) is 0 Å². The topological polar surface area (TPSA) is 66.4 Å². The van der Waals surface area contributed by atoms with Crippen molar-refractivity contribution in [1.82, 2.24) is 5.32 Å². The van der Waals surface area contributed by atoms with Crippen molar-refractivity contribution in [3.63, 3.8) is 0 Å². The molecule has 1 rings (SSSR count). The van der Waals surface area contributed by atoms with Gasteiger partial charge >= 0.3 is 5.97 Å². The van der Waals surface area contributed by atoms with Crippen LogP contribution in [0.15, 0.2) is 30.3 Å². The summed E-state index contributed by atoms with van der Waals surface area (Å²) < 4.78 is 0. The van der Waals surface area contributed by atoms with Gasteiger partial charge in [-0.2, -0.15) is 11.8 Å². The highest BCUT2D eigenvalue weighted by Gasteiger charge is 2.19. The molecule has 0 aliphatic carbocycles. The molecule has 5 heteroatoms. The lowest BCUT2D eigenvalue weighted by molar-refractivity contribution is -0.141. The maximum Gasteiger partial charge on any atom is 0.326 e. The highest BCUT2D eigenvalue weighted by molar-refractivity contribution is 7.98. The van der Waals surface area contributed by atoms with E-state index in [4.69, 9.17) is 5.11 Å². The number of carboxylic acids is 1. The maximum absolute atomic E-state index is 11.5. The molecule has 0 bridgehead atoms. The van der Waals surface area contributed by atoms with Gasteiger partial charge in [0.05, 0.1) is 0 Å². The number of aryl methyl sites for hydroxylation is 1. The number of benzene rings is 1. The van der Waals surface area contributed by atoms with Gasteiger partial charge in [0.2, 0.25) is 5.91 Å². The van der Waals surface area contributed by atoms with Crippen LogP contribution in [0.2, 0.25) is 0 Å². The van der Waals surface area contributed by atoms with Gasteiger partial charge in [0.25, 0.3) is 0 Å². The molecule has 2 N–H and O–H groups in total. The van der Waals surface area contributed by atoms with E-state index in [9.17, 15) is 9.59 Å². The molecule has 0 aromatic heterocycles. The average molecular weight is 281 g/mol. The Labute approximate surface area is 117 Å². The minimum Gasteiger partial charge on any atom is -0.480 e. The van der Waals surface area contributed by atoms with Crippen LogP contribution in [0.5, 0.6) is 0 Å². The van der Waals surface area contributed by atoms with E-state index in [2.05, 4.69) is 5.32 Å². The lowest BCUT2D eigenvalue weighted by Crippen LogP contribution is -2.41. The molecule has 4 nitrogen and oxygen atoms in total. The van der Waals surface area contributed by atoms with Gasteiger partial charge in [-0.15, -0.1) is 0 Å². The minimum atomic E-state index is -0.978. The number of hydrogen-bond acceptors (Lipinski definition) is 3. The molecule has 0 aliphatic heterocycles.